The molecule has 132 valence electrons. The van der Waals surface area contributed by atoms with Crippen LogP contribution in [0.5, 0.6) is 17.2 Å². The molecule has 2 N–H and O–H groups in total. The smallest absolute Gasteiger partial charge is 0.126 e. The number of hydrogen-bond donors (Lipinski definition) is 2. The molecule has 3 heteroatoms. The second-order valence-corrected chi connectivity index (χ2v) is 7.05. The first kappa shape index (κ1) is 16.5. The highest BCUT2D eigenvalue weighted by Gasteiger charge is 2.33. The van der Waals surface area contributed by atoms with Gasteiger partial charge in [0.05, 0.1) is 6.61 Å². The molecule has 0 amide bonds. The SMILES string of the molecule is Cc1ccc([C@H]2c3ccc(O)cc3OC[C@H]2c2ccc(O)cc2)cc1C. The van der Waals surface area contributed by atoms with Crippen molar-refractivity contribution in [2.24, 2.45) is 0 Å². The van der Waals surface area contributed by atoms with Gasteiger partial charge in [-0.2, -0.15) is 0 Å². The Labute approximate surface area is 153 Å². The van der Waals surface area contributed by atoms with Crippen molar-refractivity contribution in [3.8, 4) is 17.2 Å². The Morgan fingerprint density at radius 2 is 1.46 bits per heavy atom. The summed E-state index contributed by atoms with van der Waals surface area (Å²) in [5.74, 6) is 1.48. The Morgan fingerprint density at radius 1 is 0.769 bits per heavy atom. The maximum Gasteiger partial charge on any atom is 0.126 e. The lowest BCUT2D eigenvalue weighted by molar-refractivity contribution is 0.247. The molecule has 4 rings (SSSR count). The number of ether oxygens (including phenoxy) is 1. The Hall–Kier alpha value is -2.94. The molecule has 3 aromatic rings. The zero-order chi connectivity index (χ0) is 18.3. The van der Waals surface area contributed by atoms with Crippen LogP contribution in [0.1, 0.15) is 39.7 Å². The molecule has 0 spiro atoms. The van der Waals surface area contributed by atoms with Crippen molar-refractivity contribution < 1.29 is 14.9 Å². The lowest BCUT2D eigenvalue weighted by Crippen LogP contribution is -2.25. The molecule has 3 nitrogen and oxygen atoms in total. The average molecular weight is 346 g/mol. The maximum absolute atomic E-state index is 9.83. The largest absolute Gasteiger partial charge is 0.508 e. The van der Waals surface area contributed by atoms with Gasteiger partial charge in [-0.25, -0.2) is 0 Å². The average Bonchev–Trinajstić information content (AvgIpc) is 2.64. The minimum absolute atomic E-state index is 0.128. The summed E-state index contributed by atoms with van der Waals surface area (Å²) in [5.41, 5.74) is 5.98. The number of benzene rings is 3. The zero-order valence-electron chi connectivity index (χ0n) is 14.9. The van der Waals surface area contributed by atoms with Crippen molar-refractivity contribution in [1.29, 1.82) is 0 Å². The first-order chi connectivity index (χ1) is 12.5. The monoisotopic (exact) mass is 346 g/mol. The van der Waals surface area contributed by atoms with Crippen molar-refractivity contribution in [3.05, 3.63) is 88.5 Å². The number of fused-ring (bicyclic) bond motifs is 1. The van der Waals surface area contributed by atoms with E-state index in [0.717, 1.165) is 16.9 Å². The van der Waals surface area contributed by atoms with Gasteiger partial charge in [0.15, 0.2) is 0 Å². The third-order valence-electron chi connectivity index (χ3n) is 5.36. The fraction of sp³-hybridized carbons (Fsp3) is 0.217. The molecule has 0 saturated carbocycles. The molecule has 1 heterocycles. The Bertz CT molecular complexity index is 944. The number of hydrogen-bond acceptors (Lipinski definition) is 3. The molecule has 0 aliphatic carbocycles. The standard InChI is InChI=1S/C23H22O3/c1-14-3-4-17(11-15(14)2)23-20-10-9-19(25)12-22(20)26-13-21(23)16-5-7-18(24)8-6-16/h3-12,21,23-25H,13H2,1-2H3/t21-,23-/m0/s1. The van der Waals surface area contributed by atoms with Gasteiger partial charge < -0.3 is 14.9 Å². The zero-order valence-corrected chi connectivity index (χ0v) is 14.9. The summed E-state index contributed by atoms with van der Waals surface area (Å²) in [4.78, 5) is 0. The number of rotatable bonds is 2. The van der Waals surface area contributed by atoms with Gasteiger partial charge in [-0.1, -0.05) is 36.4 Å². The van der Waals surface area contributed by atoms with E-state index < -0.39 is 0 Å². The molecule has 0 bridgehead atoms. The molecule has 0 unspecified atom stereocenters. The van der Waals surface area contributed by atoms with E-state index in [2.05, 4.69) is 32.0 Å². The second-order valence-electron chi connectivity index (χ2n) is 7.05. The summed E-state index contributed by atoms with van der Waals surface area (Å²) in [7, 11) is 0. The fourth-order valence-corrected chi connectivity index (χ4v) is 3.78. The van der Waals surface area contributed by atoms with Gasteiger partial charge in [0.2, 0.25) is 0 Å². The minimum Gasteiger partial charge on any atom is -0.508 e. The van der Waals surface area contributed by atoms with E-state index in [9.17, 15) is 10.2 Å². The topological polar surface area (TPSA) is 49.7 Å². The Morgan fingerprint density at radius 3 is 2.19 bits per heavy atom. The Balaban J connectivity index is 1.87. The van der Waals surface area contributed by atoms with Crippen LogP contribution in [0, 0.1) is 13.8 Å². The van der Waals surface area contributed by atoms with Crippen LogP contribution >= 0.6 is 0 Å². The van der Waals surface area contributed by atoms with Crippen LogP contribution in [-0.2, 0) is 0 Å². The van der Waals surface area contributed by atoms with Crippen molar-refractivity contribution in [3.63, 3.8) is 0 Å². The normalized spacial score (nSPS) is 18.8. The second kappa shape index (κ2) is 6.41. The third kappa shape index (κ3) is 2.90. The molecular formula is C23H22O3. The summed E-state index contributed by atoms with van der Waals surface area (Å²) >= 11 is 0. The molecule has 0 saturated heterocycles. The number of phenolic OH excluding ortho intramolecular Hbond substituents is 2. The van der Waals surface area contributed by atoms with Gasteiger partial charge in [-0.15, -0.1) is 0 Å². The van der Waals surface area contributed by atoms with Crippen molar-refractivity contribution >= 4 is 0 Å². The van der Waals surface area contributed by atoms with Crippen LogP contribution in [0.4, 0.5) is 0 Å². The van der Waals surface area contributed by atoms with E-state index in [1.807, 2.05) is 18.2 Å². The molecule has 26 heavy (non-hydrogen) atoms. The van der Waals surface area contributed by atoms with E-state index in [1.54, 1.807) is 24.3 Å². The molecule has 1 aliphatic heterocycles. The number of phenols is 2. The van der Waals surface area contributed by atoms with Gasteiger partial charge in [0, 0.05) is 23.5 Å². The van der Waals surface area contributed by atoms with Crippen LogP contribution in [0.3, 0.4) is 0 Å². The van der Waals surface area contributed by atoms with Crippen LogP contribution in [0.15, 0.2) is 60.7 Å². The predicted octanol–water partition coefficient (Wildman–Crippen LogP) is 5.02. The summed E-state index contributed by atoms with van der Waals surface area (Å²) in [5, 5.41) is 19.5. The van der Waals surface area contributed by atoms with E-state index >= 15 is 0 Å². The van der Waals surface area contributed by atoms with Gasteiger partial charge in [-0.05, 0) is 54.3 Å². The number of aryl methyl sites for hydroxylation is 2. The summed E-state index contributed by atoms with van der Waals surface area (Å²) in [6.45, 7) is 4.77. The van der Waals surface area contributed by atoms with E-state index in [4.69, 9.17) is 4.74 Å². The van der Waals surface area contributed by atoms with Crippen LogP contribution in [0.2, 0.25) is 0 Å². The predicted molar refractivity (Wildman–Crippen MR) is 102 cm³/mol. The molecule has 2 atom stereocenters. The summed E-state index contributed by atoms with van der Waals surface area (Å²) < 4.78 is 5.98. The first-order valence-electron chi connectivity index (χ1n) is 8.85. The van der Waals surface area contributed by atoms with Crippen molar-refractivity contribution in [1.82, 2.24) is 0 Å². The fourth-order valence-electron chi connectivity index (χ4n) is 3.78. The highest BCUT2D eigenvalue weighted by molar-refractivity contribution is 5.51. The van der Waals surface area contributed by atoms with E-state index in [-0.39, 0.29) is 23.3 Å². The molecule has 1 aliphatic rings. The van der Waals surface area contributed by atoms with Gasteiger partial charge in [0.25, 0.3) is 0 Å². The van der Waals surface area contributed by atoms with Gasteiger partial charge in [-0.3, -0.25) is 0 Å². The Kier molecular flexibility index (Phi) is 4.08. The minimum atomic E-state index is 0.128. The van der Waals surface area contributed by atoms with Crippen LogP contribution in [0.25, 0.3) is 0 Å². The molecule has 0 fully saturated rings. The summed E-state index contributed by atoms with van der Waals surface area (Å²) in [6, 6.07) is 19.3. The molecular weight excluding hydrogens is 324 g/mol. The van der Waals surface area contributed by atoms with Crippen molar-refractivity contribution in [2.75, 3.05) is 6.61 Å². The van der Waals surface area contributed by atoms with Crippen LogP contribution in [-0.4, -0.2) is 16.8 Å². The van der Waals surface area contributed by atoms with Gasteiger partial charge >= 0.3 is 0 Å². The lowest BCUT2D eigenvalue weighted by Gasteiger charge is -2.35. The summed E-state index contributed by atoms with van der Waals surface area (Å²) in [6.07, 6.45) is 0. The quantitative estimate of drug-likeness (QED) is 0.685. The van der Waals surface area contributed by atoms with Crippen molar-refractivity contribution in [2.45, 2.75) is 25.7 Å². The highest BCUT2D eigenvalue weighted by Crippen LogP contribution is 2.47. The lowest BCUT2D eigenvalue weighted by atomic mass is 9.75. The third-order valence-corrected chi connectivity index (χ3v) is 5.36. The molecule has 3 aromatic carbocycles. The highest BCUT2D eigenvalue weighted by atomic mass is 16.5. The van der Waals surface area contributed by atoms with E-state index in [1.165, 1.54) is 16.7 Å². The van der Waals surface area contributed by atoms with Gasteiger partial charge in [0.1, 0.15) is 17.2 Å². The molecule has 0 radical (unpaired) electrons. The first-order valence-corrected chi connectivity index (χ1v) is 8.85. The number of aromatic hydroxyl groups is 2. The van der Waals surface area contributed by atoms with Crippen LogP contribution < -0.4 is 4.74 Å². The maximum atomic E-state index is 9.83. The molecule has 0 aromatic heterocycles. The van der Waals surface area contributed by atoms with E-state index in [0.29, 0.717) is 6.61 Å².